The van der Waals surface area contributed by atoms with E-state index >= 15 is 0 Å². The molecule has 4 rings (SSSR count). The minimum Gasteiger partial charge on any atom is -0.497 e. The number of carbonyl (C=O) groups excluding carboxylic acids is 2. The third kappa shape index (κ3) is 3.64. The molecule has 1 aliphatic heterocycles. The van der Waals surface area contributed by atoms with E-state index in [2.05, 4.69) is 0 Å². The Hall–Kier alpha value is -3.31. The van der Waals surface area contributed by atoms with Crippen LogP contribution >= 0.6 is 11.6 Å². The monoisotopic (exact) mass is 420 g/mol. The highest BCUT2D eigenvalue weighted by molar-refractivity contribution is 6.30. The van der Waals surface area contributed by atoms with Gasteiger partial charge in [-0.15, -0.1) is 0 Å². The normalized spacial score (nSPS) is 18.1. The van der Waals surface area contributed by atoms with Gasteiger partial charge in [-0.25, -0.2) is 0 Å². The van der Waals surface area contributed by atoms with Gasteiger partial charge in [-0.1, -0.05) is 54.1 Å². The maximum atomic E-state index is 13.5. The lowest BCUT2D eigenvalue weighted by Crippen LogP contribution is -2.46. The molecule has 30 heavy (non-hydrogen) atoms. The topological polar surface area (TPSA) is 72.6 Å². The van der Waals surface area contributed by atoms with Crippen LogP contribution in [0.1, 0.15) is 39.0 Å². The van der Waals surface area contributed by atoms with Gasteiger partial charge in [0.15, 0.2) is 0 Å². The summed E-state index contributed by atoms with van der Waals surface area (Å²) in [5, 5.41) is 0.621. The average Bonchev–Trinajstić information content (AvgIpc) is 2.76. The summed E-state index contributed by atoms with van der Waals surface area (Å²) in [6.07, 6.45) is 0. The van der Waals surface area contributed by atoms with Crippen molar-refractivity contribution in [1.82, 2.24) is 4.90 Å². The van der Waals surface area contributed by atoms with E-state index in [0.717, 1.165) is 11.1 Å². The van der Waals surface area contributed by atoms with Crippen LogP contribution < -0.4 is 10.5 Å². The number of methoxy groups -OCH3 is 1. The number of nitrogens with two attached hydrogens (primary N) is 1. The molecule has 0 unspecified atom stereocenters. The molecule has 0 saturated heterocycles. The predicted octanol–water partition coefficient (Wildman–Crippen LogP) is 4.31. The minimum absolute atomic E-state index is 0.140. The standard InChI is InChI=1S/C24H21ClN2O3/c1-30-18-12-8-16(9-13-18)22-21(23(26)28)19-4-2-3-5-20(19)24(29)27(22)14-15-6-10-17(25)11-7-15/h2-13,21-22H,14H2,1H3,(H2,26,28)/t21-,22+/m0/s1. The zero-order valence-corrected chi connectivity index (χ0v) is 17.2. The smallest absolute Gasteiger partial charge is 0.255 e. The Morgan fingerprint density at radius 1 is 1.03 bits per heavy atom. The number of carbonyl (C=O) groups is 2. The van der Waals surface area contributed by atoms with Crippen LogP contribution in [0.3, 0.4) is 0 Å². The Kier molecular flexibility index (Phi) is 5.46. The van der Waals surface area contributed by atoms with Crippen molar-refractivity contribution in [1.29, 1.82) is 0 Å². The number of primary amides is 1. The van der Waals surface area contributed by atoms with Gasteiger partial charge in [-0.05, 0) is 47.0 Å². The van der Waals surface area contributed by atoms with Crippen LogP contribution in [0.25, 0.3) is 0 Å². The second kappa shape index (κ2) is 8.20. The summed E-state index contributed by atoms with van der Waals surface area (Å²) in [4.78, 5) is 27.8. The van der Waals surface area contributed by atoms with Crippen LogP contribution in [0.2, 0.25) is 5.02 Å². The third-order valence-electron chi connectivity index (χ3n) is 5.47. The minimum atomic E-state index is -0.667. The summed E-state index contributed by atoms with van der Waals surface area (Å²) in [5.41, 5.74) is 8.75. The SMILES string of the molecule is COc1ccc([C@@H]2[C@@H](C(N)=O)c3ccccc3C(=O)N2Cc2ccc(Cl)cc2)cc1. The molecule has 2 atom stereocenters. The van der Waals surface area contributed by atoms with Crippen molar-refractivity contribution in [3.05, 3.63) is 100 Å². The zero-order valence-electron chi connectivity index (χ0n) is 16.4. The molecule has 0 spiro atoms. The number of amides is 2. The van der Waals surface area contributed by atoms with E-state index in [9.17, 15) is 9.59 Å². The Morgan fingerprint density at radius 2 is 1.70 bits per heavy atom. The quantitative estimate of drug-likeness (QED) is 0.668. The molecule has 0 saturated carbocycles. The highest BCUT2D eigenvalue weighted by atomic mass is 35.5. The number of hydrogen-bond acceptors (Lipinski definition) is 3. The fourth-order valence-corrected chi connectivity index (χ4v) is 4.16. The van der Waals surface area contributed by atoms with Gasteiger partial charge in [0.25, 0.3) is 5.91 Å². The number of hydrogen-bond donors (Lipinski definition) is 1. The molecule has 6 heteroatoms. The maximum Gasteiger partial charge on any atom is 0.255 e. The summed E-state index contributed by atoms with van der Waals surface area (Å²) >= 11 is 6.01. The Bertz CT molecular complexity index is 1080. The Morgan fingerprint density at radius 3 is 2.33 bits per heavy atom. The summed E-state index contributed by atoms with van der Waals surface area (Å²) in [6, 6.07) is 21.3. The number of benzene rings is 3. The van der Waals surface area contributed by atoms with Crippen molar-refractivity contribution in [3.8, 4) is 5.75 Å². The molecule has 0 aromatic heterocycles. The van der Waals surface area contributed by atoms with Gasteiger partial charge >= 0.3 is 0 Å². The molecule has 3 aromatic rings. The molecule has 2 amide bonds. The van der Waals surface area contributed by atoms with Crippen LogP contribution in [-0.4, -0.2) is 23.8 Å². The molecule has 0 fully saturated rings. The molecule has 1 aliphatic rings. The van der Waals surface area contributed by atoms with E-state index in [-0.39, 0.29) is 5.91 Å². The van der Waals surface area contributed by atoms with Crippen LogP contribution in [0.4, 0.5) is 0 Å². The molecule has 2 N–H and O–H groups in total. The third-order valence-corrected chi connectivity index (χ3v) is 5.72. The first kappa shape index (κ1) is 20.0. The average molecular weight is 421 g/mol. The van der Waals surface area contributed by atoms with E-state index in [1.807, 2.05) is 42.5 Å². The number of halogens is 1. The van der Waals surface area contributed by atoms with Gasteiger partial charge in [0.05, 0.1) is 19.1 Å². The van der Waals surface area contributed by atoms with Crippen LogP contribution in [0.5, 0.6) is 5.75 Å². The molecule has 1 heterocycles. The van der Waals surface area contributed by atoms with E-state index in [0.29, 0.717) is 28.4 Å². The van der Waals surface area contributed by atoms with Crippen molar-refractivity contribution in [2.75, 3.05) is 7.11 Å². The van der Waals surface area contributed by atoms with E-state index in [4.69, 9.17) is 22.1 Å². The summed E-state index contributed by atoms with van der Waals surface area (Å²) < 4.78 is 5.26. The van der Waals surface area contributed by atoms with Crippen LogP contribution in [0.15, 0.2) is 72.8 Å². The first-order valence-electron chi connectivity index (χ1n) is 9.57. The molecular weight excluding hydrogens is 400 g/mol. The lowest BCUT2D eigenvalue weighted by atomic mass is 9.79. The molecule has 0 radical (unpaired) electrons. The molecule has 0 aliphatic carbocycles. The second-order valence-corrected chi connectivity index (χ2v) is 7.68. The van der Waals surface area contributed by atoms with Crippen molar-refractivity contribution in [2.24, 2.45) is 5.73 Å². The second-order valence-electron chi connectivity index (χ2n) is 7.24. The first-order valence-corrected chi connectivity index (χ1v) is 9.95. The number of fused-ring (bicyclic) bond motifs is 1. The molecule has 0 bridgehead atoms. The molecule has 152 valence electrons. The summed E-state index contributed by atoms with van der Waals surface area (Å²) in [6.45, 7) is 0.324. The van der Waals surface area contributed by atoms with Crippen molar-refractivity contribution in [2.45, 2.75) is 18.5 Å². The van der Waals surface area contributed by atoms with Gasteiger partial charge in [0.1, 0.15) is 5.75 Å². The van der Waals surface area contributed by atoms with Crippen molar-refractivity contribution in [3.63, 3.8) is 0 Å². The molecular formula is C24H21ClN2O3. The predicted molar refractivity (Wildman–Crippen MR) is 115 cm³/mol. The lowest BCUT2D eigenvalue weighted by Gasteiger charge is -2.41. The largest absolute Gasteiger partial charge is 0.497 e. The van der Waals surface area contributed by atoms with Gasteiger partial charge in [0, 0.05) is 17.1 Å². The highest BCUT2D eigenvalue weighted by Gasteiger charge is 2.43. The summed E-state index contributed by atoms with van der Waals surface area (Å²) in [5.74, 6) is -0.587. The number of ether oxygens (including phenoxy) is 1. The van der Waals surface area contributed by atoms with Crippen molar-refractivity contribution < 1.29 is 14.3 Å². The van der Waals surface area contributed by atoms with E-state index < -0.39 is 17.9 Å². The first-order chi connectivity index (χ1) is 14.5. The number of nitrogens with zero attached hydrogens (tertiary/aromatic N) is 1. The maximum absolute atomic E-state index is 13.5. The van der Waals surface area contributed by atoms with Gasteiger partial charge in [-0.2, -0.15) is 0 Å². The van der Waals surface area contributed by atoms with Crippen LogP contribution in [0, 0.1) is 0 Å². The van der Waals surface area contributed by atoms with Crippen molar-refractivity contribution >= 4 is 23.4 Å². The van der Waals surface area contributed by atoms with Gasteiger partial charge in [0.2, 0.25) is 5.91 Å². The van der Waals surface area contributed by atoms with Gasteiger partial charge < -0.3 is 15.4 Å². The van der Waals surface area contributed by atoms with E-state index in [1.165, 1.54) is 0 Å². The molecule has 5 nitrogen and oxygen atoms in total. The fourth-order valence-electron chi connectivity index (χ4n) is 4.03. The lowest BCUT2D eigenvalue weighted by molar-refractivity contribution is -0.121. The number of rotatable bonds is 5. The van der Waals surface area contributed by atoms with Crippen LogP contribution in [-0.2, 0) is 11.3 Å². The Balaban J connectivity index is 1.85. The highest BCUT2D eigenvalue weighted by Crippen LogP contribution is 2.43. The Labute approximate surface area is 180 Å². The molecule has 3 aromatic carbocycles. The van der Waals surface area contributed by atoms with Gasteiger partial charge in [-0.3, -0.25) is 9.59 Å². The summed E-state index contributed by atoms with van der Waals surface area (Å²) in [7, 11) is 1.59. The van der Waals surface area contributed by atoms with E-state index in [1.54, 1.807) is 42.3 Å². The fraction of sp³-hybridized carbons (Fsp3) is 0.167. The zero-order chi connectivity index (χ0) is 21.3.